The fourth-order valence-corrected chi connectivity index (χ4v) is 1.82. The summed E-state index contributed by atoms with van der Waals surface area (Å²) in [5.74, 6) is 0.196. The lowest BCUT2D eigenvalue weighted by Crippen LogP contribution is -1.88. The van der Waals surface area contributed by atoms with Crippen LogP contribution in [0.15, 0.2) is 33.5 Å². The number of oxazole rings is 1. The molecule has 0 aliphatic carbocycles. The zero-order valence-corrected chi connectivity index (χ0v) is 9.85. The van der Waals surface area contributed by atoms with E-state index in [2.05, 4.69) is 20.9 Å². The van der Waals surface area contributed by atoms with Gasteiger partial charge in [-0.2, -0.15) is 0 Å². The van der Waals surface area contributed by atoms with E-state index in [4.69, 9.17) is 16.0 Å². The monoisotopic (exact) mass is 289 g/mol. The number of hydrogen-bond acceptors (Lipinski definition) is 2. The van der Waals surface area contributed by atoms with Crippen LogP contribution < -0.4 is 0 Å². The standard InChI is InChI=1S/C10H6BrClFNO/c11-7-3-1-2-6(9(7)13)10-8(4-12)14-5-15-10/h1-3,5H,4H2. The summed E-state index contributed by atoms with van der Waals surface area (Å²) in [5.41, 5.74) is 0.895. The van der Waals surface area contributed by atoms with Crippen LogP contribution in [-0.4, -0.2) is 4.98 Å². The topological polar surface area (TPSA) is 26.0 Å². The predicted octanol–water partition coefficient (Wildman–Crippen LogP) is 3.98. The van der Waals surface area contributed by atoms with Gasteiger partial charge < -0.3 is 4.42 Å². The molecule has 5 heteroatoms. The average Bonchev–Trinajstić information content (AvgIpc) is 2.70. The highest BCUT2D eigenvalue weighted by Gasteiger charge is 2.15. The predicted molar refractivity (Wildman–Crippen MR) is 59.2 cm³/mol. The third-order valence-electron chi connectivity index (χ3n) is 1.96. The maximum atomic E-state index is 13.7. The number of hydrogen-bond donors (Lipinski definition) is 0. The highest BCUT2D eigenvalue weighted by molar-refractivity contribution is 9.10. The van der Waals surface area contributed by atoms with E-state index in [1.807, 2.05) is 0 Å². The van der Waals surface area contributed by atoms with Gasteiger partial charge in [0, 0.05) is 0 Å². The Kier molecular flexibility index (Phi) is 3.07. The van der Waals surface area contributed by atoms with Gasteiger partial charge in [0.25, 0.3) is 0 Å². The first-order valence-corrected chi connectivity index (χ1v) is 5.49. The Labute approximate surface area is 99.2 Å². The van der Waals surface area contributed by atoms with Gasteiger partial charge in [0.15, 0.2) is 12.2 Å². The molecule has 1 heterocycles. The summed E-state index contributed by atoms with van der Waals surface area (Å²) in [6.45, 7) is 0. The van der Waals surface area contributed by atoms with Gasteiger partial charge in [-0.15, -0.1) is 11.6 Å². The molecule has 2 nitrogen and oxygen atoms in total. The Hall–Kier alpha value is -0.870. The maximum absolute atomic E-state index is 13.7. The van der Waals surface area contributed by atoms with Crippen molar-refractivity contribution < 1.29 is 8.81 Å². The van der Waals surface area contributed by atoms with Crippen LogP contribution in [0.3, 0.4) is 0 Å². The molecule has 0 spiro atoms. The molecule has 0 atom stereocenters. The highest BCUT2D eigenvalue weighted by atomic mass is 79.9. The van der Waals surface area contributed by atoms with Crippen molar-refractivity contribution in [2.45, 2.75) is 5.88 Å². The van der Waals surface area contributed by atoms with Crippen LogP contribution in [0.2, 0.25) is 0 Å². The molecule has 0 saturated carbocycles. The van der Waals surface area contributed by atoms with Crippen LogP contribution in [0.5, 0.6) is 0 Å². The molecule has 0 N–H and O–H groups in total. The second-order valence-electron chi connectivity index (χ2n) is 2.86. The van der Waals surface area contributed by atoms with Crippen molar-refractivity contribution in [3.8, 4) is 11.3 Å². The van der Waals surface area contributed by atoms with E-state index >= 15 is 0 Å². The Morgan fingerprint density at radius 3 is 3.00 bits per heavy atom. The second-order valence-corrected chi connectivity index (χ2v) is 3.98. The largest absolute Gasteiger partial charge is 0.443 e. The molecule has 1 aromatic heterocycles. The second kappa shape index (κ2) is 4.33. The van der Waals surface area contributed by atoms with Crippen molar-refractivity contribution in [2.24, 2.45) is 0 Å². The van der Waals surface area contributed by atoms with Crippen molar-refractivity contribution in [1.82, 2.24) is 4.98 Å². The summed E-state index contributed by atoms with van der Waals surface area (Å²) in [4.78, 5) is 3.90. The fraction of sp³-hybridized carbons (Fsp3) is 0.100. The molecule has 78 valence electrons. The van der Waals surface area contributed by atoms with Crippen LogP contribution in [0.4, 0.5) is 4.39 Å². The summed E-state index contributed by atoms with van der Waals surface area (Å²) in [6.07, 6.45) is 1.26. The lowest BCUT2D eigenvalue weighted by molar-refractivity contribution is 0.559. The van der Waals surface area contributed by atoms with Gasteiger partial charge in [-0.05, 0) is 28.1 Å². The Morgan fingerprint density at radius 1 is 1.47 bits per heavy atom. The summed E-state index contributed by atoms with van der Waals surface area (Å²) in [6, 6.07) is 4.97. The van der Waals surface area contributed by atoms with Gasteiger partial charge in [0.1, 0.15) is 11.5 Å². The molecular weight excluding hydrogens is 284 g/mol. The normalized spacial score (nSPS) is 10.6. The van der Waals surface area contributed by atoms with Crippen LogP contribution in [0.25, 0.3) is 11.3 Å². The molecular formula is C10H6BrClFNO. The number of rotatable bonds is 2. The third kappa shape index (κ3) is 1.92. The van der Waals surface area contributed by atoms with Gasteiger partial charge in [-0.1, -0.05) is 6.07 Å². The minimum atomic E-state index is -0.374. The molecule has 0 bridgehead atoms. The van der Waals surface area contributed by atoms with Crippen LogP contribution in [0.1, 0.15) is 5.69 Å². The van der Waals surface area contributed by atoms with Crippen molar-refractivity contribution in [3.05, 3.63) is 40.6 Å². The first kappa shape index (κ1) is 10.6. The van der Waals surface area contributed by atoms with E-state index in [0.29, 0.717) is 21.5 Å². The maximum Gasteiger partial charge on any atom is 0.181 e. The van der Waals surface area contributed by atoms with Crippen molar-refractivity contribution >= 4 is 27.5 Å². The Bertz CT molecular complexity index is 486. The summed E-state index contributed by atoms with van der Waals surface area (Å²) < 4.78 is 19.2. The van der Waals surface area contributed by atoms with E-state index in [9.17, 15) is 4.39 Å². The molecule has 0 fully saturated rings. The highest BCUT2D eigenvalue weighted by Crippen LogP contribution is 2.30. The van der Waals surface area contributed by atoms with Gasteiger partial charge >= 0.3 is 0 Å². The Balaban J connectivity index is 2.59. The van der Waals surface area contributed by atoms with Gasteiger partial charge in [-0.3, -0.25) is 0 Å². The minimum absolute atomic E-state index is 0.192. The third-order valence-corrected chi connectivity index (χ3v) is 2.83. The van der Waals surface area contributed by atoms with E-state index in [-0.39, 0.29) is 11.7 Å². The summed E-state index contributed by atoms with van der Waals surface area (Å²) >= 11 is 8.77. The van der Waals surface area contributed by atoms with Crippen molar-refractivity contribution in [3.63, 3.8) is 0 Å². The molecule has 0 aliphatic rings. The molecule has 15 heavy (non-hydrogen) atoms. The summed E-state index contributed by atoms with van der Waals surface area (Å²) in [5, 5.41) is 0. The van der Waals surface area contributed by atoms with Crippen molar-refractivity contribution in [1.29, 1.82) is 0 Å². The molecule has 0 saturated heterocycles. The van der Waals surface area contributed by atoms with E-state index < -0.39 is 0 Å². The smallest absolute Gasteiger partial charge is 0.181 e. The zero-order chi connectivity index (χ0) is 10.8. The first-order chi connectivity index (χ1) is 7.24. The van der Waals surface area contributed by atoms with Crippen LogP contribution in [0, 0.1) is 5.82 Å². The molecule has 0 amide bonds. The lowest BCUT2D eigenvalue weighted by Gasteiger charge is -2.02. The molecule has 1 aromatic carbocycles. The van der Waals surface area contributed by atoms with Gasteiger partial charge in [0.2, 0.25) is 0 Å². The first-order valence-electron chi connectivity index (χ1n) is 4.16. The number of alkyl halides is 1. The van der Waals surface area contributed by atoms with Crippen LogP contribution >= 0.6 is 27.5 Å². The van der Waals surface area contributed by atoms with Crippen LogP contribution in [-0.2, 0) is 5.88 Å². The average molecular weight is 291 g/mol. The van der Waals surface area contributed by atoms with E-state index in [0.717, 1.165) is 0 Å². The number of nitrogens with zero attached hydrogens (tertiary/aromatic N) is 1. The minimum Gasteiger partial charge on any atom is -0.443 e. The SMILES string of the molecule is Fc1c(Br)cccc1-c1ocnc1CCl. The molecule has 2 aromatic rings. The molecule has 0 radical (unpaired) electrons. The zero-order valence-electron chi connectivity index (χ0n) is 7.51. The Morgan fingerprint density at radius 2 is 2.27 bits per heavy atom. The lowest BCUT2D eigenvalue weighted by atomic mass is 10.1. The quantitative estimate of drug-likeness (QED) is 0.782. The number of halogens is 3. The number of benzene rings is 1. The summed E-state index contributed by atoms with van der Waals surface area (Å²) in [7, 11) is 0. The van der Waals surface area contributed by atoms with Gasteiger partial charge in [-0.25, -0.2) is 9.37 Å². The van der Waals surface area contributed by atoms with E-state index in [1.54, 1.807) is 18.2 Å². The van der Waals surface area contributed by atoms with E-state index in [1.165, 1.54) is 6.39 Å². The number of aromatic nitrogens is 1. The van der Waals surface area contributed by atoms with Crippen molar-refractivity contribution in [2.75, 3.05) is 0 Å². The molecule has 2 rings (SSSR count). The fourth-order valence-electron chi connectivity index (χ4n) is 1.26. The molecule has 0 aliphatic heterocycles. The van der Waals surface area contributed by atoms with Gasteiger partial charge in [0.05, 0.1) is 15.9 Å². The molecule has 0 unspecified atom stereocenters.